The van der Waals surface area contributed by atoms with Crippen molar-refractivity contribution in [3.8, 4) is 0 Å². The van der Waals surface area contributed by atoms with Crippen LogP contribution < -0.4 is 5.32 Å². The second-order valence-corrected chi connectivity index (χ2v) is 8.79. The summed E-state index contributed by atoms with van der Waals surface area (Å²) in [4.78, 5) is 2.65. The van der Waals surface area contributed by atoms with Gasteiger partial charge in [-0.2, -0.15) is 11.8 Å². The summed E-state index contributed by atoms with van der Waals surface area (Å²) in [6, 6.07) is 0.579. The molecule has 108 valence electrons. The molecule has 0 spiro atoms. The maximum Gasteiger partial charge on any atom is 0.0231 e. The molecule has 2 nitrogen and oxygen atoms in total. The van der Waals surface area contributed by atoms with Crippen molar-refractivity contribution >= 4 is 11.8 Å². The predicted octanol–water partition coefficient (Wildman–Crippen LogP) is 3.23. The summed E-state index contributed by atoms with van der Waals surface area (Å²) in [7, 11) is 0. The Kier molecular flexibility index (Phi) is 6.01. The van der Waals surface area contributed by atoms with E-state index in [0.29, 0.717) is 16.2 Å². The summed E-state index contributed by atoms with van der Waals surface area (Å²) in [5, 5.41) is 3.65. The maximum absolute atomic E-state index is 3.65. The van der Waals surface area contributed by atoms with Gasteiger partial charge in [-0.3, -0.25) is 0 Å². The van der Waals surface area contributed by atoms with Crippen LogP contribution in [0.1, 0.15) is 48.0 Å². The lowest BCUT2D eigenvalue weighted by Crippen LogP contribution is -2.51. The van der Waals surface area contributed by atoms with Gasteiger partial charge in [0.15, 0.2) is 0 Å². The molecule has 1 aliphatic rings. The van der Waals surface area contributed by atoms with E-state index in [9.17, 15) is 0 Å². The minimum atomic E-state index is 0.341. The number of hydrogen-bond acceptors (Lipinski definition) is 3. The van der Waals surface area contributed by atoms with Crippen molar-refractivity contribution in [3.05, 3.63) is 0 Å². The minimum absolute atomic E-state index is 0.341. The SMILES string of the molecule is CCCNC(C)C(C)(C)CN1CCSC(C)(C)C1. The maximum atomic E-state index is 3.65. The highest BCUT2D eigenvalue weighted by atomic mass is 32.2. The highest BCUT2D eigenvalue weighted by Crippen LogP contribution is 2.32. The average Bonchev–Trinajstić information content (AvgIpc) is 2.23. The van der Waals surface area contributed by atoms with Crippen LogP contribution in [0.15, 0.2) is 0 Å². The Morgan fingerprint density at radius 1 is 1.39 bits per heavy atom. The van der Waals surface area contributed by atoms with Crippen molar-refractivity contribution < 1.29 is 0 Å². The zero-order valence-corrected chi connectivity index (χ0v) is 14.0. The number of nitrogens with one attached hydrogen (secondary N) is 1. The van der Waals surface area contributed by atoms with E-state index < -0.39 is 0 Å². The fourth-order valence-electron chi connectivity index (χ4n) is 2.60. The normalized spacial score (nSPS) is 23.0. The van der Waals surface area contributed by atoms with E-state index in [2.05, 4.69) is 63.5 Å². The van der Waals surface area contributed by atoms with Gasteiger partial charge in [0.25, 0.3) is 0 Å². The predicted molar refractivity (Wildman–Crippen MR) is 84.5 cm³/mol. The zero-order valence-electron chi connectivity index (χ0n) is 13.2. The van der Waals surface area contributed by atoms with Gasteiger partial charge < -0.3 is 10.2 Å². The first-order chi connectivity index (χ1) is 8.27. The molecule has 0 aromatic carbocycles. The van der Waals surface area contributed by atoms with Crippen LogP contribution in [0.3, 0.4) is 0 Å². The quantitative estimate of drug-likeness (QED) is 0.799. The number of thioether (sulfide) groups is 1. The molecule has 0 aromatic rings. The Labute approximate surface area is 118 Å². The Hall–Kier alpha value is 0.270. The highest BCUT2D eigenvalue weighted by Gasteiger charge is 2.33. The summed E-state index contributed by atoms with van der Waals surface area (Å²) in [5.74, 6) is 1.28. The first-order valence-electron chi connectivity index (χ1n) is 7.36. The van der Waals surface area contributed by atoms with Gasteiger partial charge >= 0.3 is 0 Å². The van der Waals surface area contributed by atoms with E-state index in [4.69, 9.17) is 0 Å². The molecular weight excluding hydrogens is 240 g/mol. The van der Waals surface area contributed by atoms with Gasteiger partial charge in [-0.05, 0) is 39.2 Å². The molecule has 1 saturated heterocycles. The lowest BCUT2D eigenvalue weighted by atomic mass is 9.84. The third-order valence-electron chi connectivity index (χ3n) is 4.01. The molecule has 1 fully saturated rings. The first-order valence-corrected chi connectivity index (χ1v) is 8.35. The van der Waals surface area contributed by atoms with Gasteiger partial charge in [0.1, 0.15) is 0 Å². The van der Waals surface area contributed by atoms with Gasteiger partial charge in [-0.25, -0.2) is 0 Å². The summed E-state index contributed by atoms with van der Waals surface area (Å²) < 4.78 is 0.425. The number of hydrogen-bond donors (Lipinski definition) is 1. The van der Waals surface area contributed by atoms with Crippen molar-refractivity contribution in [1.82, 2.24) is 10.2 Å². The molecule has 0 bridgehead atoms. The molecule has 1 heterocycles. The lowest BCUT2D eigenvalue weighted by Gasteiger charge is -2.43. The van der Waals surface area contributed by atoms with Crippen LogP contribution >= 0.6 is 11.8 Å². The summed E-state index contributed by atoms with van der Waals surface area (Å²) in [5.41, 5.74) is 0.341. The Balaban J connectivity index is 2.48. The summed E-state index contributed by atoms with van der Waals surface area (Å²) in [6.07, 6.45) is 1.22. The summed E-state index contributed by atoms with van der Waals surface area (Å²) >= 11 is 2.12. The molecule has 0 amide bonds. The van der Waals surface area contributed by atoms with Gasteiger partial charge in [0.05, 0.1) is 0 Å². The molecule has 1 atom stereocenters. The monoisotopic (exact) mass is 272 g/mol. The van der Waals surface area contributed by atoms with Crippen LogP contribution in [-0.2, 0) is 0 Å². The fourth-order valence-corrected chi connectivity index (χ4v) is 3.78. The van der Waals surface area contributed by atoms with Crippen molar-refractivity contribution in [1.29, 1.82) is 0 Å². The number of nitrogens with zero attached hydrogens (tertiary/aromatic N) is 1. The van der Waals surface area contributed by atoms with E-state index in [1.54, 1.807) is 0 Å². The van der Waals surface area contributed by atoms with Gasteiger partial charge in [-0.1, -0.05) is 20.8 Å². The molecule has 1 N–H and O–H groups in total. The zero-order chi connectivity index (χ0) is 13.8. The van der Waals surface area contributed by atoms with Gasteiger partial charge in [0.2, 0.25) is 0 Å². The van der Waals surface area contributed by atoms with Crippen LogP contribution in [0.5, 0.6) is 0 Å². The molecule has 1 unspecified atom stereocenters. The Morgan fingerprint density at radius 2 is 2.06 bits per heavy atom. The second kappa shape index (κ2) is 6.62. The van der Waals surface area contributed by atoms with Crippen molar-refractivity contribution in [3.63, 3.8) is 0 Å². The van der Waals surface area contributed by atoms with Gasteiger partial charge in [-0.15, -0.1) is 0 Å². The topological polar surface area (TPSA) is 15.3 Å². The first kappa shape index (κ1) is 16.3. The van der Waals surface area contributed by atoms with E-state index in [1.165, 1.54) is 31.8 Å². The van der Waals surface area contributed by atoms with Crippen LogP contribution in [0.4, 0.5) is 0 Å². The van der Waals surface area contributed by atoms with E-state index in [-0.39, 0.29) is 0 Å². The second-order valence-electron chi connectivity index (χ2n) is 6.98. The van der Waals surface area contributed by atoms with E-state index in [0.717, 1.165) is 6.54 Å². The largest absolute Gasteiger partial charge is 0.314 e. The van der Waals surface area contributed by atoms with Gasteiger partial charge in [0, 0.05) is 36.2 Å². The molecule has 1 rings (SSSR count). The molecule has 0 radical (unpaired) electrons. The smallest absolute Gasteiger partial charge is 0.0231 e. The lowest BCUT2D eigenvalue weighted by molar-refractivity contribution is 0.138. The Morgan fingerprint density at radius 3 is 2.61 bits per heavy atom. The average molecular weight is 273 g/mol. The third-order valence-corrected chi connectivity index (χ3v) is 5.31. The fraction of sp³-hybridized carbons (Fsp3) is 1.00. The third kappa shape index (κ3) is 5.10. The molecule has 18 heavy (non-hydrogen) atoms. The van der Waals surface area contributed by atoms with Crippen LogP contribution in [0, 0.1) is 5.41 Å². The molecule has 3 heteroatoms. The van der Waals surface area contributed by atoms with Crippen molar-refractivity contribution in [2.45, 2.75) is 58.8 Å². The Bertz CT molecular complexity index is 251. The van der Waals surface area contributed by atoms with Crippen LogP contribution in [-0.4, -0.2) is 47.6 Å². The van der Waals surface area contributed by atoms with E-state index in [1.807, 2.05) is 0 Å². The number of rotatable bonds is 6. The highest BCUT2D eigenvalue weighted by molar-refractivity contribution is 8.00. The van der Waals surface area contributed by atoms with Crippen LogP contribution in [0.2, 0.25) is 0 Å². The van der Waals surface area contributed by atoms with Crippen molar-refractivity contribution in [2.75, 3.05) is 31.9 Å². The van der Waals surface area contributed by atoms with Crippen LogP contribution in [0.25, 0.3) is 0 Å². The summed E-state index contributed by atoms with van der Waals surface area (Å²) in [6.45, 7) is 18.9. The standard InChI is InChI=1S/C15H32N2S/c1-7-8-16-13(2)14(3,4)11-17-9-10-18-15(5,6)12-17/h13,16H,7-12H2,1-6H3. The molecule has 0 saturated carbocycles. The molecule has 0 aromatic heterocycles. The van der Waals surface area contributed by atoms with E-state index >= 15 is 0 Å². The molecule has 1 aliphatic heterocycles. The minimum Gasteiger partial charge on any atom is -0.314 e. The molecular formula is C15H32N2S. The molecule has 0 aliphatic carbocycles. The van der Waals surface area contributed by atoms with Crippen molar-refractivity contribution in [2.24, 2.45) is 5.41 Å².